The molecule has 0 aliphatic heterocycles. The van der Waals surface area contributed by atoms with E-state index in [-0.39, 0.29) is 10.8 Å². The smallest absolute Gasteiger partial charge is 0.326 e. The van der Waals surface area contributed by atoms with Gasteiger partial charge in [0.25, 0.3) is 0 Å². The molecule has 2 aromatic carbocycles. The van der Waals surface area contributed by atoms with Gasteiger partial charge in [0.05, 0.1) is 4.90 Å². The van der Waals surface area contributed by atoms with Crippen LogP contribution in [-0.2, 0) is 19.6 Å². The number of rotatable bonds is 7. The molecule has 0 saturated heterocycles. The van der Waals surface area contributed by atoms with E-state index in [2.05, 4.69) is 10.0 Å². The standard InChI is InChI=1S/C24H32N2O5S/c1-24(2,3)21(23(28)29)25-22(27)20(17-11-5-4-6-12-17)26-32(30,31)19-15-9-13-16-10-7-8-14-18(16)19/h7-10,13-15,17,20-21,26H,4-6,11-12H2,1-3H3,(H,25,27)(H,28,29)/t20-,21+/m0/s1. The Kier molecular flexibility index (Phi) is 7.25. The van der Waals surface area contributed by atoms with E-state index in [4.69, 9.17) is 0 Å². The Morgan fingerprint density at radius 2 is 1.62 bits per heavy atom. The van der Waals surface area contributed by atoms with Crippen LogP contribution in [0.4, 0.5) is 0 Å². The fraction of sp³-hybridized carbons (Fsp3) is 0.500. The lowest BCUT2D eigenvalue weighted by Gasteiger charge is -2.33. The second-order valence-electron chi connectivity index (χ2n) is 9.62. The summed E-state index contributed by atoms with van der Waals surface area (Å²) in [7, 11) is -4.03. The Labute approximate surface area is 189 Å². The lowest BCUT2D eigenvalue weighted by molar-refractivity contribution is -0.145. The Morgan fingerprint density at radius 3 is 2.25 bits per heavy atom. The van der Waals surface area contributed by atoms with Crippen LogP contribution in [0, 0.1) is 11.3 Å². The van der Waals surface area contributed by atoms with Crippen molar-refractivity contribution in [1.82, 2.24) is 10.0 Å². The number of amides is 1. The summed E-state index contributed by atoms with van der Waals surface area (Å²) < 4.78 is 29.5. The van der Waals surface area contributed by atoms with E-state index >= 15 is 0 Å². The largest absolute Gasteiger partial charge is 0.480 e. The zero-order chi connectivity index (χ0) is 23.5. The Balaban J connectivity index is 1.95. The second-order valence-corrected chi connectivity index (χ2v) is 11.3. The Morgan fingerprint density at radius 1 is 1.00 bits per heavy atom. The maximum absolute atomic E-state index is 13.4. The van der Waals surface area contributed by atoms with E-state index in [0.717, 1.165) is 24.6 Å². The van der Waals surface area contributed by atoms with Crippen molar-refractivity contribution in [2.75, 3.05) is 0 Å². The Hall–Kier alpha value is -2.45. The zero-order valence-electron chi connectivity index (χ0n) is 18.8. The Bertz CT molecular complexity index is 1080. The maximum atomic E-state index is 13.4. The number of nitrogens with one attached hydrogen (secondary N) is 2. The molecular weight excluding hydrogens is 428 g/mol. The van der Waals surface area contributed by atoms with Crippen LogP contribution in [0.15, 0.2) is 47.4 Å². The maximum Gasteiger partial charge on any atom is 0.326 e. The highest BCUT2D eigenvalue weighted by Gasteiger charge is 2.39. The quantitative estimate of drug-likeness (QED) is 0.583. The summed E-state index contributed by atoms with van der Waals surface area (Å²) in [6.45, 7) is 5.17. The van der Waals surface area contributed by atoms with Gasteiger partial charge in [-0.2, -0.15) is 4.72 Å². The van der Waals surface area contributed by atoms with Crippen LogP contribution in [0.2, 0.25) is 0 Å². The third kappa shape index (κ3) is 5.48. The molecule has 3 N–H and O–H groups in total. The molecule has 8 heteroatoms. The molecular formula is C24H32N2O5S. The minimum atomic E-state index is -4.03. The SMILES string of the molecule is CC(C)(C)[C@H](NC(=O)[C@@H](NS(=O)(=O)c1cccc2ccccc12)C1CCCCC1)C(=O)O. The van der Waals surface area contributed by atoms with Gasteiger partial charge in [-0.15, -0.1) is 0 Å². The van der Waals surface area contributed by atoms with Gasteiger partial charge in [0.15, 0.2) is 0 Å². The fourth-order valence-electron chi connectivity index (χ4n) is 4.37. The van der Waals surface area contributed by atoms with Gasteiger partial charge in [0.1, 0.15) is 12.1 Å². The van der Waals surface area contributed by atoms with Crippen molar-refractivity contribution >= 4 is 32.7 Å². The van der Waals surface area contributed by atoms with Crippen LogP contribution in [0.5, 0.6) is 0 Å². The number of benzene rings is 2. The molecule has 0 aromatic heterocycles. The molecule has 0 heterocycles. The molecule has 1 aliphatic carbocycles. The van der Waals surface area contributed by atoms with E-state index < -0.39 is 39.4 Å². The number of carboxylic acid groups (broad SMARTS) is 1. The first-order valence-corrected chi connectivity index (χ1v) is 12.5. The van der Waals surface area contributed by atoms with Gasteiger partial charge in [0.2, 0.25) is 15.9 Å². The summed E-state index contributed by atoms with van der Waals surface area (Å²) in [5.41, 5.74) is -0.729. The van der Waals surface area contributed by atoms with Gasteiger partial charge in [-0.25, -0.2) is 13.2 Å². The summed E-state index contributed by atoms with van der Waals surface area (Å²) in [5.74, 6) is -1.93. The van der Waals surface area contributed by atoms with Crippen LogP contribution < -0.4 is 10.0 Å². The first kappa shape index (κ1) is 24.2. The van der Waals surface area contributed by atoms with Gasteiger partial charge in [-0.05, 0) is 35.6 Å². The lowest BCUT2D eigenvalue weighted by Crippen LogP contribution is -2.57. The minimum Gasteiger partial charge on any atom is -0.480 e. The molecule has 1 aliphatic rings. The van der Waals surface area contributed by atoms with Crippen molar-refractivity contribution in [3.63, 3.8) is 0 Å². The summed E-state index contributed by atoms with van der Waals surface area (Å²) in [4.78, 5) is 25.2. The molecule has 174 valence electrons. The zero-order valence-corrected chi connectivity index (χ0v) is 19.6. The monoisotopic (exact) mass is 460 g/mol. The molecule has 0 unspecified atom stereocenters. The van der Waals surface area contributed by atoms with Crippen molar-refractivity contribution in [2.24, 2.45) is 11.3 Å². The highest BCUT2D eigenvalue weighted by atomic mass is 32.2. The molecule has 7 nitrogen and oxygen atoms in total. The van der Waals surface area contributed by atoms with Crippen LogP contribution in [0.3, 0.4) is 0 Å². The molecule has 0 spiro atoms. The highest BCUT2D eigenvalue weighted by molar-refractivity contribution is 7.89. The minimum absolute atomic E-state index is 0.106. The summed E-state index contributed by atoms with van der Waals surface area (Å²) in [6, 6.07) is 10.0. The van der Waals surface area contributed by atoms with E-state index in [1.54, 1.807) is 39.0 Å². The van der Waals surface area contributed by atoms with E-state index in [0.29, 0.717) is 18.2 Å². The van der Waals surface area contributed by atoms with Crippen LogP contribution in [0.1, 0.15) is 52.9 Å². The highest BCUT2D eigenvalue weighted by Crippen LogP contribution is 2.29. The number of carbonyl (C=O) groups is 2. The second kappa shape index (κ2) is 9.58. The third-order valence-electron chi connectivity index (χ3n) is 6.12. The van der Waals surface area contributed by atoms with Gasteiger partial charge in [-0.3, -0.25) is 4.79 Å². The summed E-state index contributed by atoms with van der Waals surface area (Å²) >= 11 is 0. The van der Waals surface area contributed by atoms with Crippen LogP contribution in [-0.4, -0.2) is 37.5 Å². The lowest BCUT2D eigenvalue weighted by atomic mass is 9.83. The average Bonchev–Trinajstić information content (AvgIpc) is 2.74. The summed E-state index contributed by atoms with van der Waals surface area (Å²) in [5, 5.41) is 13.6. The first-order valence-electron chi connectivity index (χ1n) is 11.0. The van der Waals surface area contributed by atoms with Gasteiger partial charge >= 0.3 is 5.97 Å². The first-order chi connectivity index (χ1) is 15.0. The van der Waals surface area contributed by atoms with E-state index in [9.17, 15) is 23.1 Å². The molecule has 0 radical (unpaired) electrons. The molecule has 2 atom stereocenters. The molecule has 2 aromatic rings. The summed E-state index contributed by atoms with van der Waals surface area (Å²) in [6.07, 6.45) is 4.28. The van der Waals surface area contributed by atoms with Crippen LogP contribution in [0.25, 0.3) is 10.8 Å². The molecule has 3 rings (SSSR count). The van der Waals surface area contributed by atoms with Crippen molar-refractivity contribution in [3.05, 3.63) is 42.5 Å². The van der Waals surface area contributed by atoms with Gasteiger partial charge in [0, 0.05) is 5.39 Å². The predicted octanol–water partition coefficient (Wildman–Crippen LogP) is 3.68. The average molecular weight is 461 g/mol. The predicted molar refractivity (Wildman–Crippen MR) is 124 cm³/mol. The normalized spacial score (nSPS) is 17.6. The van der Waals surface area contributed by atoms with Gasteiger partial charge in [-0.1, -0.05) is 76.4 Å². The van der Waals surface area contributed by atoms with Crippen LogP contribution >= 0.6 is 0 Å². The number of hydrogen-bond acceptors (Lipinski definition) is 4. The number of aliphatic carboxylic acids is 1. The molecule has 1 fully saturated rings. The number of fused-ring (bicyclic) bond motifs is 1. The van der Waals surface area contributed by atoms with E-state index in [1.807, 2.05) is 18.2 Å². The number of carboxylic acids is 1. The third-order valence-corrected chi connectivity index (χ3v) is 7.62. The van der Waals surface area contributed by atoms with Crippen molar-refractivity contribution in [3.8, 4) is 0 Å². The van der Waals surface area contributed by atoms with Crippen molar-refractivity contribution in [1.29, 1.82) is 0 Å². The number of carbonyl (C=O) groups excluding carboxylic acids is 1. The van der Waals surface area contributed by atoms with E-state index in [1.165, 1.54) is 6.07 Å². The van der Waals surface area contributed by atoms with Crippen molar-refractivity contribution < 1.29 is 23.1 Å². The molecule has 1 saturated carbocycles. The number of hydrogen-bond donors (Lipinski definition) is 3. The van der Waals surface area contributed by atoms with Crippen molar-refractivity contribution in [2.45, 2.75) is 69.9 Å². The number of sulfonamides is 1. The molecule has 1 amide bonds. The topological polar surface area (TPSA) is 113 Å². The molecule has 32 heavy (non-hydrogen) atoms. The molecule has 0 bridgehead atoms. The van der Waals surface area contributed by atoms with Gasteiger partial charge < -0.3 is 10.4 Å². The fourth-order valence-corrected chi connectivity index (χ4v) is 5.87.